The number of nitrogens with zero attached hydrogens (tertiary/aromatic N) is 3. The fourth-order valence-electron chi connectivity index (χ4n) is 9.21. The first-order chi connectivity index (χ1) is 27.3. The van der Waals surface area contributed by atoms with Crippen LogP contribution in [-0.4, -0.2) is 138 Å². The van der Waals surface area contributed by atoms with Gasteiger partial charge in [0.2, 0.25) is 6.10 Å². The maximum Gasteiger partial charge on any atom is 0.311 e. The van der Waals surface area contributed by atoms with Gasteiger partial charge in [-0.25, -0.2) is 4.99 Å². The predicted octanol–water partition coefficient (Wildman–Crippen LogP) is 3.89. The molecule has 1 aromatic rings. The van der Waals surface area contributed by atoms with Crippen molar-refractivity contribution in [1.82, 2.24) is 4.90 Å². The van der Waals surface area contributed by atoms with Gasteiger partial charge in [-0.3, -0.25) is 14.4 Å². The van der Waals surface area contributed by atoms with E-state index in [1.807, 2.05) is 77.0 Å². The number of likely N-dealkylation sites (N-methyl/N-ethyl adjacent to an activating group) is 1. The minimum absolute atomic E-state index is 0.161. The lowest BCUT2D eigenvalue weighted by atomic mass is 9.73. The van der Waals surface area contributed by atoms with Gasteiger partial charge < -0.3 is 48.4 Å². The van der Waals surface area contributed by atoms with E-state index in [4.69, 9.17) is 38.3 Å². The van der Waals surface area contributed by atoms with Crippen LogP contribution in [0.4, 0.5) is 0 Å². The molecule has 4 heterocycles. The molecule has 15 atom stereocenters. The lowest BCUT2D eigenvalue weighted by molar-refractivity contribution is -0.304. The Morgan fingerprint density at radius 2 is 1.72 bits per heavy atom. The molecule has 5 rings (SSSR count). The number of benzene rings is 1. The normalized spacial score (nSPS) is 41.5. The molecular weight excluding hydrogens is 750 g/mol. The molecule has 58 heavy (non-hydrogen) atoms. The van der Waals surface area contributed by atoms with Crippen LogP contribution in [0.3, 0.4) is 0 Å². The fourth-order valence-corrected chi connectivity index (χ4v) is 9.21. The van der Waals surface area contributed by atoms with Crippen molar-refractivity contribution in [3.63, 3.8) is 0 Å². The number of fused-ring (bicyclic) bond motifs is 4. The van der Waals surface area contributed by atoms with Crippen LogP contribution < -0.4 is 0 Å². The third-order valence-electron chi connectivity index (χ3n) is 12.4. The first kappa shape index (κ1) is 45.8. The van der Waals surface area contributed by atoms with Gasteiger partial charge in [0, 0.05) is 30.9 Å². The maximum absolute atomic E-state index is 14.3. The molecule has 15 heteroatoms. The van der Waals surface area contributed by atoms with Crippen LogP contribution in [-0.2, 0) is 54.1 Å². The first-order valence-electron chi connectivity index (χ1n) is 20.7. The maximum atomic E-state index is 14.3. The van der Waals surface area contributed by atoms with Gasteiger partial charge in [-0.2, -0.15) is 0 Å². The Hall–Kier alpha value is -3.31. The molecule has 1 amide bonds. The van der Waals surface area contributed by atoms with Crippen molar-refractivity contribution >= 4 is 29.3 Å². The Morgan fingerprint density at radius 3 is 2.36 bits per heavy atom. The summed E-state index contributed by atoms with van der Waals surface area (Å²) in [6.45, 7) is 15.2. The average molecular weight is 816 g/mol. The smallest absolute Gasteiger partial charge is 0.311 e. The van der Waals surface area contributed by atoms with Crippen molar-refractivity contribution in [3.05, 3.63) is 35.9 Å². The number of oxime groups is 1. The second-order valence-electron chi connectivity index (χ2n) is 17.5. The molecule has 15 nitrogen and oxygen atoms in total. The number of carbonyl (C=O) groups excluding carboxylic acids is 3. The number of hydrogen-bond acceptors (Lipinski definition) is 14. The molecule has 0 aromatic heterocycles. The quantitative estimate of drug-likeness (QED) is 0.379. The van der Waals surface area contributed by atoms with Crippen LogP contribution in [0.5, 0.6) is 0 Å². The summed E-state index contributed by atoms with van der Waals surface area (Å²) in [4.78, 5) is 53.6. The number of aliphatic imine (C=N–C) groups is 1. The Bertz CT molecular complexity index is 1650. The van der Waals surface area contributed by atoms with E-state index in [-0.39, 0.29) is 50.3 Å². The molecule has 3 saturated heterocycles. The van der Waals surface area contributed by atoms with E-state index in [0.29, 0.717) is 12.1 Å². The Balaban J connectivity index is 1.71. The Kier molecular flexibility index (Phi) is 15.0. The van der Waals surface area contributed by atoms with E-state index in [9.17, 15) is 24.6 Å². The highest BCUT2D eigenvalue weighted by Crippen LogP contribution is 2.41. The molecule has 4 aliphatic heterocycles. The van der Waals surface area contributed by atoms with E-state index in [1.54, 1.807) is 27.7 Å². The summed E-state index contributed by atoms with van der Waals surface area (Å²) in [5.74, 6) is -4.94. The summed E-state index contributed by atoms with van der Waals surface area (Å²) in [6.07, 6.45) is -6.71. The van der Waals surface area contributed by atoms with Gasteiger partial charge in [-0.1, -0.05) is 63.2 Å². The van der Waals surface area contributed by atoms with Crippen LogP contribution >= 0.6 is 0 Å². The monoisotopic (exact) mass is 815 g/mol. The lowest BCUT2D eigenvalue weighted by Gasteiger charge is -2.49. The lowest BCUT2D eigenvalue weighted by Crippen LogP contribution is -2.61. The van der Waals surface area contributed by atoms with Gasteiger partial charge >= 0.3 is 11.9 Å². The van der Waals surface area contributed by atoms with Crippen molar-refractivity contribution in [2.45, 2.75) is 154 Å². The number of rotatable bonds is 7. The molecule has 0 unspecified atom stereocenters. The second kappa shape index (κ2) is 18.9. The van der Waals surface area contributed by atoms with Crippen molar-refractivity contribution in [1.29, 1.82) is 0 Å². The highest BCUT2D eigenvalue weighted by Gasteiger charge is 2.54. The van der Waals surface area contributed by atoms with Crippen LogP contribution in [0, 0.1) is 23.7 Å². The van der Waals surface area contributed by atoms with Crippen LogP contribution in [0.1, 0.15) is 87.1 Å². The summed E-state index contributed by atoms with van der Waals surface area (Å²) in [5.41, 5.74) is -1.59. The van der Waals surface area contributed by atoms with Crippen molar-refractivity contribution in [2.24, 2.45) is 33.8 Å². The number of hydrogen-bond donors (Lipinski definition) is 2. The SMILES string of the molecule is CC[C@H]1OC(=O)[C@H](C)[C@@H](O)[C@H](C)[C@@H](O[C@@H]2O[C@H](C)C[C@H](N(C)C)[C@H]2OC(C)=O)[C@@]2(C)C[C@@H](C)C3=NC(=O)[C@@H](Cc4ccccc4)O/N=C(/CO[C@H]([C@H]3C)[C@]1(C)O)CO2. The van der Waals surface area contributed by atoms with Gasteiger partial charge in [-0.05, 0) is 72.5 Å². The number of aliphatic hydroxyl groups is 2. The summed E-state index contributed by atoms with van der Waals surface area (Å²) in [6, 6.07) is 9.16. The number of esters is 2. The molecule has 0 radical (unpaired) electrons. The van der Waals surface area contributed by atoms with Crippen LogP contribution in [0.2, 0.25) is 0 Å². The Morgan fingerprint density at radius 1 is 1.03 bits per heavy atom. The highest BCUT2D eigenvalue weighted by atomic mass is 16.7. The van der Waals surface area contributed by atoms with Gasteiger partial charge in [0.1, 0.15) is 17.4 Å². The predicted molar refractivity (Wildman–Crippen MR) is 214 cm³/mol. The van der Waals surface area contributed by atoms with Crippen molar-refractivity contribution in [3.8, 4) is 0 Å². The van der Waals surface area contributed by atoms with Crippen molar-refractivity contribution < 1.29 is 57.9 Å². The Labute approximate surface area is 342 Å². The van der Waals surface area contributed by atoms with E-state index in [1.165, 1.54) is 6.92 Å². The van der Waals surface area contributed by atoms with E-state index >= 15 is 0 Å². The van der Waals surface area contributed by atoms with Gasteiger partial charge in [0.15, 0.2) is 12.4 Å². The third-order valence-corrected chi connectivity index (χ3v) is 12.4. The van der Waals surface area contributed by atoms with Gasteiger partial charge in [0.25, 0.3) is 5.91 Å². The van der Waals surface area contributed by atoms with Crippen LogP contribution in [0.15, 0.2) is 40.5 Å². The summed E-state index contributed by atoms with van der Waals surface area (Å²) in [7, 11) is 3.79. The largest absolute Gasteiger partial charge is 0.459 e. The zero-order valence-corrected chi connectivity index (χ0v) is 36.0. The van der Waals surface area contributed by atoms with E-state index < -0.39 is 95.6 Å². The fraction of sp³-hybridized carbons (Fsp3) is 0.744. The summed E-state index contributed by atoms with van der Waals surface area (Å²) < 4.78 is 38.9. The molecule has 1 aromatic carbocycles. The number of carbonyl (C=O) groups is 3. The summed E-state index contributed by atoms with van der Waals surface area (Å²) in [5, 5.41) is 29.0. The zero-order valence-electron chi connectivity index (χ0n) is 36.0. The molecule has 0 aliphatic carbocycles. The minimum Gasteiger partial charge on any atom is -0.459 e. The highest BCUT2D eigenvalue weighted by molar-refractivity contribution is 6.00. The summed E-state index contributed by atoms with van der Waals surface area (Å²) >= 11 is 0. The number of cyclic esters (lactones) is 1. The molecule has 0 spiro atoms. The zero-order chi connectivity index (χ0) is 42.7. The van der Waals surface area contributed by atoms with E-state index in [2.05, 4.69) is 5.16 Å². The van der Waals surface area contributed by atoms with Crippen LogP contribution in [0.25, 0.3) is 0 Å². The molecular formula is C43H65N3O12. The standard InChI is InChI=1S/C43H65N3O12/c1-12-33-43(9,51)38-25(4)34-23(2)20-42(8,53-22-30(21-52-38)45-58-32(39(49)44-34)19-29-16-14-13-15-17-29)37(26(5)35(48)27(6)40(50)56-33)57-41-36(55-28(7)47)31(46(10)11)18-24(3)54-41/h13-17,23-27,31-33,35-38,41,48,51H,12,18-22H2,1-11H3/b44-34?,45-30-/t23-,24-,25+,26+,27-,31+,32-,33-,35+,36-,37-,38-,41+,42-,43-/m1/s1. The van der Waals surface area contributed by atoms with Gasteiger partial charge in [-0.15, -0.1) is 0 Å². The minimum atomic E-state index is -1.80. The second-order valence-corrected chi connectivity index (χ2v) is 17.5. The molecule has 3 fully saturated rings. The number of aliphatic hydroxyl groups excluding tert-OH is 1. The molecule has 324 valence electrons. The molecule has 0 saturated carbocycles. The number of ether oxygens (including phenoxy) is 6. The first-order valence-corrected chi connectivity index (χ1v) is 20.7. The third kappa shape index (κ3) is 10.2. The molecule has 4 bridgehead atoms. The average Bonchev–Trinajstić information content (AvgIpc) is 3.19. The number of amides is 1. The molecule has 2 N–H and O–H groups in total. The molecule has 4 aliphatic rings. The van der Waals surface area contributed by atoms with Gasteiger partial charge in [0.05, 0.1) is 55.2 Å². The van der Waals surface area contributed by atoms with Crippen molar-refractivity contribution in [2.75, 3.05) is 27.3 Å². The van der Waals surface area contributed by atoms with E-state index in [0.717, 1.165) is 5.56 Å². The topological polar surface area (TPSA) is 184 Å².